The van der Waals surface area contributed by atoms with E-state index >= 15 is 4.39 Å². The van der Waals surface area contributed by atoms with Crippen LogP contribution in [0.4, 0.5) is 4.39 Å². The van der Waals surface area contributed by atoms with E-state index in [1.165, 1.54) is 16.2 Å². The van der Waals surface area contributed by atoms with Gasteiger partial charge in [0.25, 0.3) is 5.91 Å². The van der Waals surface area contributed by atoms with Crippen molar-refractivity contribution in [1.29, 1.82) is 0 Å². The first-order valence-electron chi connectivity index (χ1n) is 12.8. The minimum absolute atomic E-state index is 0.0297. The quantitative estimate of drug-likeness (QED) is 0.542. The number of benzene rings is 1. The molecule has 3 amide bonds. The Labute approximate surface area is 208 Å². The fourth-order valence-electron chi connectivity index (χ4n) is 6.11. The molecule has 10 heteroatoms. The summed E-state index contributed by atoms with van der Waals surface area (Å²) in [5.41, 5.74) is 3.59. The molecule has 3 N–H and O–H groups in total. The normalized spacial score (nSPS) is 28.1. The van der Waals surface area contributed by atoms with Crippen molar-refractivity contribution in [2.24, 2.45) is 0 Å². The lowest BCUT2D eigenvalue weighted by Crippen LogP contribution is -2.52. The number of piperidine rings is 1. The monoisotopic (exact) mass is 495 g/mol. The second-order valence-electron chi connectivity index (χ2n) is 10.3. The zero-order valence-corrected chi connectivity index (χ0v) is 20.0. The lowest BCUT2D eigenvalue weighted by molar-refractivity contribution is -0.136. The molecule has 190 valence electrons. The Balaban J connectivity index is 1.16. The summed E-state index contributed by atoms with van der Waals surface area (Å²) in [6.45, 7) is 0.675. The lowest BCUT2D eigenvalue weighted by atomic mass is 9.90. The molecule has 0 saturated carbocycles. The van der Waals surface area contributed by atoms with Crippen LogP contribution in [0.25, 0.3) is 0 Å². The lowest BCUT2D eigenvalue weighted by Gasteiger charge is -2.36. The Morgan fingerprint density at radius 3 is 2.92 bits per heavy atom. The van der Waals surface area contributed by atoms with Gasteiger partial charge in [0.2, 0.25) is 11.8 Å². The van der Waals surface area contributed by atoms with Gasteiger partial charge in [-0.2, -0.15) is 5.10 Å². The number of aryl methyl sites for hydroxylation is 1. The topological polar surface area (TPSA) is 116 Å². The van der Waals surface area contributed by atoms with Gasteiger partial charge in [0.15, 0.2) is 0 Å². The van der Waals surface area contributed by atoms with Crippen LogP contribution in [0.3, 0.4) is 0 Å². The second kappa shape index (κ2) is 9.40. The van der Waals surface area contributed by atoms with E-state index in [4.69, 9.17) is 4.74 Å². The fraction of sp³-hybridized carbons (Fsp3) is 0.538. The minimum atomic E-state index is -0.758. The third kappa shape index (κ3) is 4.22. The molecule has 1 aromatic carbocycles. The van der Waals surface area contributed by atoms with Gasteiger partial charge < -0.3 is 15.0 Å². The minimum Gasteiger partial charge on any atom is -0.376 e. The summed E-state index contributed by atoms with van der Waals surface area (Å²) in [7, 11) is 0. The summed E-state index contributed by atoms with van der Waals surface area (Å²) in [5.74, 6) is -1.61. The van der Waals surface area contributed by atoms with Gasteiger partial charge in [0.1, 0.15) is 11.9 Å². The van der Waals surface area contributed by atoms with Gasteiger partial charge in [-0.1, -0.05) is 6.07 Å². The van der Waals surface area contributed by atoms with Crippen LogP contribution in [0.2, 0.25) is 0 Å². The van der Waals surface area contributed by atoms with Crippen molar-refractivity contribution in [3.05, 3.63) is 52.1 Å². The third-order valence-electron chi connectivity index (χ3n) is 8.06. The molecular weight excluding hydrogens is 465 g/mol. The molecule has 1 aromatic heterocycles. The van der Waals surface area contributed by atoms with E-state index in [-0.39, 0.29) is 48.9 Å². The Hall–Kier alpha value is -3.11. The second-order valence-corrected chi connectivity index (χ2v) is 10.3. The number of nitrogens with one attached hydrogen (secondary N) is 3. The summed E-state index contributed by atoms with van der Waals surface area (Å²) in [6, 6.07) is 3.01. The van der Waals surface area contributed by atoms with E-state index in [1.807, 2.05) is 6.20 Å². The molecule has 1 unspecified atom stereocenters. The maximum Gasteiger partial charge on any atom is 0.255 e. The molecule has 6 rings (SSSR count). The first-order valence-corrected chi connectivity index (χ1v) is 12.8. The number of hydrogen-bond donors (Lipinski definition) is 3. The Bertz CT molecular complexity index is 1210. The molecule has 9 nitrogen and oxygen atoms in total. The molecule has 0 bridgehead atoms. The average molecular weight is 496 g/mol. The van der Waals surface area contributed by atoms with E-state index in [9.17, 15) is 14.4 Å². The summed E-state index contributed by atoms with van der Waals surface area (Å²) in [4.78, 5) is 38.2. The van der Waals surface area contributed by atoms with Crippen LogP contribution in [-0.2, 0) is 40.1 Å². The molecule has 3 aliphatic heterocycles. The van der Waals surface area contributed by atoms with E-state index in [0.717, 1.165) is 32.1 Å². The first-order chi connectivity index (χ1) is 17.5. The number of amides is 3. The zero-order valence-electron chi connectivity index (χ0n) is 20.0. The van der Waals surface area contributed by atoms with Crippen molar-refractivity contribution < 1.29 is 23.5 Å². The number of carbonyl (C=O) groups is 3. The zero-order chi connectivity index (χ0) is 24.8. The van der Waals surface area contributed by atoms with Gasteiger partial charge in [-0.25, -0.2) is 4.39 Å². The van der Waals surface area contributed by atoms with Crippen LogP contribution in [0.1, 0.15) is 64.8 Å². The van der Waals surface area contributed by atoms with E-state index in [1.54, 1.807) is 12.1 Å². The summed E-state index contributed by atoms with van der Waals surface area (Å²) < 4.78 is 21.8. The van der Waals surface area contributed by atoms with Crippen molar-refractivity contribution in [2.45, 2.75) is 82.1 Å². The number of aromatic amines is 1. The third-order valence-corrected chi connectivity index (χ3v) is 8.06. The number of ether oxygens (including phenoxy) is 1. The molecule has 0 radical (unpaired) electrons. The standard InChI is InChI=1S/C26H30FN5O4/c27-24-14(4-6-17-18(24)13-32(26(17)35)21-7-8-23(33)30-25(21)34)10-22-19(2-1-9-36-22)29-16-5-3-15-12-28-31-20(15)11-16/h4,6,12,16,19,21-22,29H,1-3,5,7-11,13H2,(H,28,31)(H,30,33,34)/t16-,19-,21?,22+/m0/s1. The van der Waals surface area contributed by atoms with Gasteiger partial charge in [-0.3, -0.25) is 24.8 Å². The highest BCUT2D eigenvalue weighted by molar-refractivity contribution is 6.05. The summed E-state index contributed by atoms with van der Waals surface area (Å²) in [6.07, 6.45) is 7.39. The molecule has 4 heterocycles. The number of fused-ring (bicyclic) bond motifs is 2. The highest BCUT2D eigenvalue weighted by atomic mass is 19.1. The van der Waals surface area contributed by atoms with Crippen molar-refractivity contribution in [3.63, 3.8) is 0 Å². The number of hydrogen-bond acceptors (Lipinski definition) is 6. The van der Waals surface area contributed by atoms with Gasteiger partial charge in [0.05, 0.1) is 18.8 Å². The van der Waals surface area contributed by atoms with Crippen LogP contribution in [-0.4, -0.2) is 63.7 Å². The van der Waals surface area contributed by atoms with Crippen LogP contribution >= 0.6 is 0 Å². The predicted molar refractivity (Wildman–Crippen MR) is 126 cm³/mol. The molecule has 1 aliphatic carbocycles. The number of H-pyrrole nitrogens is 1. The molecule has 2 saturated heterocycles. The molecule has 36 heavy (non-hydrogen) atoms. The van der Waals surface area contributed by atoms with Crippen LogP contribution in [0.5, 0.6) is 0 Å². The van der Waals surface area contributed by atoms with Crippen LogP contribution in [0, 0.1) is 5.82 Å². The molecule has 4 atom stereocenters. The summed E-state index contributed by atoms with van der Waals surface area (Å²) >= 11 is 0. The maximum absolute atomic E-state index is 15.7. The van der Waals surface area contributed by atoms with Crippen molar-refractivity contribution in [1.82, 2.24) is 25.7 Å². The fourth-order valence-corrected chi connectivity index (χ4v) is 6.11. The molecule has 4 aliphatic rings. The maximum atomic E-state index is 15.7. The smallest absolute Gasteiger partial charge is 0.255 e. The SMILES string of the molecule is O=C1CCC(N2Cc3c(ccc(C[C@H]4OCCC[C@@H]4N[C@H]4CCc5cn[nH]c5C4)c3F)C2=O)C(=O)N1. The predicted octanol–water partition coefficient (Wildman–Crippen LogP) is 1.55. The van der Waals surface area contributed by atoms with Crippen LogP contribution in [0.15, 0.2) is 18.3 Å². The molecule has 2 aromatic rings. The average Bonchev–Trinajstić information content (AvgIpc) is 3.46. The first kappa shape index (κ1) is 23.3. The highest BCUT2D eigenvalue weighted by Gasteiger charge is 2.41. The molecule has 2 fully saturated rings. The highest BCUT2D eigenvalue weighted by Crippen LogP contribution is 2.32. The number of nitrogens with zero attached hydrogens (tertiary/aromatic N) is 2. The van der Waals surface area contributed by atoms with E-state index in [2.05, 4.69) is 20.8 Å². The van der Waals surface area contributed by atoms with Crippen molar-refractivity contribution in [2.75, 3.05) is 6.61 Å². The molecular formula is C26H30FN5O4. The van der Waals surface area contributed by atoms with Gasteiger partial charge in [0, 0.05) is 54.8 Å². The largest absolute Gasteiger partial charge is 0.376 e. The van der Waals surface area contributed by atoms with Gasteiger partial charge in [-0.05, 0) is 49.3 Å². The number of halogens is 1. The summed E-state index contributed by atoms with van der Waals surface area (Å²) in [5, 5.41) is 13.3. The van der Waals surface area contributed by atoms with Gasteiger partial charge in [-0.15, -0.1) is 0 Å². The number of aromatic nitrogens is 2. The number of rotatable bonds is 5. The van der Waals surface area contributed by atoms with E-state index < -0.39 is 17.8 Å². The van der Waals surface area contributed by atoms with Crippen molar-refractivity contribution >= 4 is 17.7 Å². The Kier molecular flexibility index (Phi) is 6.08. The van der Waals surface area contributed by atoms with Gasteiger partial charge >= 0.3 is 0 Å². The van der Waals surface area contributed by atoms with Crippen LogP contribution < -0.4 is 10.6 Å². The Morgan fingerprint density at radius 2 is 2.06 bits per heavy atom. The van der Waals surface area contributed by atoms with Crippen molar-refractivity contribution in [3.8, 4) is 0 Å². The molecule has 0 spiro atoms. The van der Waals surface area contributed by atoms with E-state index in [0.29, 0.717) is 30.2 Å². The number of imide groups is 1. The Morgan fingerprint density at radius 1 is 1.17 bits per heavy atom. The number of carbonyl (C=O) groups excluding carboxylic acids is 3.